The Kier molecular flexibility index (Phi) is 2.62. The third-order valence-electron chi connectivity index (χ3n) is 2.38. The van der Waals surface area contributed by atoms with Crippen molar-refractivity contribution in [3.05, 3.63) is 33.3 Å². The largest absolute Gasteiger partial charge is 0.424 e. The van der Waals surface area contributed by atoms with Crippen molar-refractivity contribution in [2.45, 2.75) is 27.3 Å². The standard InChI is InChI=1S/C9H11N5O3/c1-5-9(14(15)16)6(2)13(12-5)4-8-11-10-7(3)17-8/h4H2,1-3H3. The zero-order valence-electron chi connectivity index (χ0n) is 9.67. The number of nitro groups is 1. The quantitative estimate of drug-likeness (QED) is 0.586. The van der Waals surface area contributed by atoms with Crippen LogP contribution in [0.2, 0.25) is 0 Å². The summed E-state index contributed by atoms with van der Waals surface area (Å²) in [6, 6.07) is 0. The molecule has 0 aliphatic carbocycles. The van der Waals surface area contributed by atoms with E-state index in [1.54, 1.807) is 20.8 Å². The van der Waals surface area contributed by atoms with Gasteiger partial charge in [0.1, 0.15) is 17.9 Å². The highest BCUT2D eigenvalue weighted by molar-refractivity contribution is 5.39. The number of nitrogens with zero attached hydrogens (tertiary/aromatic N) is 5. The molecule has 0 aliphatic heterocycles. The van der Waals surface area contributed by atoms with Gasteiger partial charge in [-0.3, -0.25) is 14.8 Å². The minimum atomic E-state index is -0.437. The second-order valence-corrected chi connectivity index (χ2v) is 3.65. The molecule has 2 heterocycles. The minimum absolute atomic E-state index is 0.0289. The highest BCUT2D eigenvalue weighted by atomic mass is 16.6. The van der Waals surface area contributed by atoms with Crippen LogP contribution in [0.3, 0.4) is 0 Å². The van der Waals surface area contributed by atoms with Gasteiger partial charge >= 0.3 is 5.69 Å². The van der Waals surface area contributed by atoms with E-state index in [1.165, 1.54) is 4.68 Å². The van der Waals surface area contributed by atoms with E-state index in [9.17, 15) is 10.1 Å². The summed E-state index contributed by atoms with van der Waals surface area (Å²) in [5.41, 5.74) is 0.883. The lowest BCUT2D eigenvalue weighted by Gasteiger charge is -1.98. The first kappa shape index (κ1) is 11.2. The van der Waals surface area contributed by atoms with Crippen LogP contribution in [0.1, 0.15) is 23.2 Å². The molecule has 17 heavy (non-hydrogen) atoms. The molecule has 0 N–H and O–H groups in total. The number of aryl methyl sites for hydroxylation is 2. The Labute approximate surface area is 96.4 Å². The van der Waals surface area contributed by atoms with Crippen LogP contribution in [0.4, 0.5) is 5.69 Å². The summed E-state index contributed by atoms with van der Waals surface area (Å²) in [6.07, 6.45) is 0. The van der Waals surface area contributed by atoms with E-state index < -0.39 is 4.92 Å². The van der Waals surface area contributed by atoms with E-state index in [4.69, 9.17) is 4.42 Å². The molecule has 2 rings (SSSR count). The van der Waals surface area contributed by atoms with E-state index >= 15 is 0 Å². The zero-order chi connectivity index (χ0) is 12.6. The Morgan fingerprint density at radius 3 is 2.53 bits per heavy atom. The Hall–Kier alpha value is -2.25. The summed E-state index contributed by atoms with van der Waals surface area (Å²) in [6.45, 7) is 5.16. The van der Waals surface area contributed by atoms with E-state index in [1.807, 2.05) is 0 Å². The van der Waals surface area contributed by atoms with Crippen molar-refractivity contribution in [1.29, 1.82) is 0 Å². The van der Waals surface area contributed by atoms with Crippen LogP contribution in [0.5, 0.6) is 0 Å². The number of hydrogen-bond donors (Lipinski definition) is 0. The van der Waals surface area contributed by atoms with Gasteiger partial charge in [-0.05, 0) is 13.8 Å². The summed E-state index contributed by atoms with van der Waals surface area (Å²) >= 11 is 0. The van der Waals surface area contributed by atoms with Crippen LogP contribution in [0.25, 0.3) is 0 Å². The maximum absolute atomic E-state index is 10.8. The fraction of sp³-hybridized carbons (Fsp3) is 0.444. The Morgan fingerprint density at radius 1 is 1.35 bits per heavy atom. The lowest BCUT2D eigenvalue weighted by atomic mass is 10.3. The molecule has 2 aromatic rings. The van der Waals surface area contributed by atoms with E-state index in [0.29, 0.717) is 23.2 Å². The summed E-state index contributed by atoms with van der Waals surface area (Å²) in [5.74, 6) is 0.832. The number of rotatable bonds is 3. The molecule has 0 spiro atoms. The van der Waals surface area contributed by atoms with Gasteiger partial charge in [0.05, 0.1) is 4.92 Å². The number of aromatic nitrogens is 4. The topological polar surface area (TPSA) is 99.9 Å². The zero-order valence-corrected chi connectivity index (χ0v) is 9.67. The summed E-state index contributed by atoms with van der Waals surface area (Å²) in [4.78, 5) is 10.4. The van der Waals surface area contributed by atoms with Gasteiger partial charge in [0.25, 0.3) is 0 Å². The van der Waals surface area contributed by atoms with Gasteiger partial charge in [-0.25, -0.2) is 0 Å². The molecule has 0 aliphatic rings. The van der Waals surface area contributed by atoms with Gasteiger partial charge < -0.3 is 4.42 Å². The highest BCUT2D eigenvalue weighted by Crippen LogP contribution is 2.22. The third-order valence-corrected chi connectivity index (χ3v) is 2.38. The molecule has 0 fully saturated rings. The number of hydrogen-bond acceptors (Lipinski definition) is 6. The van der Waals surface area contributed by atoms with Crippen molar-refractivity contribution in [3.63, 3.8) is 0 Å². The van der Waals surface area contributed by atoms with Gasteiger partial charge in [0, 0.05) is 6.92 Å². The minimum Gasteiger partial charge on any atom is -0.424 e. The molecule has 0 radical (unpaired) electrons. The second-order valence-electron chi connectivity index (χ2n) is 3.65. The van der Waals surface area contributed by atoms with Crippen molar-refractivity contribution >= 4 is 5.69 Å². The first-order valence-electron chi connectivity index (χ1n) is 4.96. The average Bonchev–Trinajstić information content (AvgIpc) is 2.73. The molecular weight excluding hydrogens is 226 g/mol. The van der Waals surface area contributed by atoms with E-state index in [0.717, 1.165) is 0 Å². The Bertz CT molecular complexity index is 571. The van der Waals surface area contributed by atoms with Crippen LogP contribution in [0, 0.1) is 30.9 Å². The maximum atomic E-state index is 10.8. The van der Waals surface area contributed by atoms with Crippen molar-refractivity contribution in [1.82, 2.24) is 20.0 Å². The normalized spacial score (nSPS) is 10.8. The van der Waals surface area contributed by atoms with Crippen molar-refractivity contribution < 1.29 is 9.34 Å². The molecule has 0 unspecified atom stereocenters. The van der Waals surface area contributed by atoms with Gasteiger partial charge in [-0.2, -0.15) is 5.10 Å². The van der Waals surface area contributed by atoms with Crippen LogP contribution in [-0.2, 0) is 6.54 Å². The van der Waals surface area contributed by atoms with Crippen LogP contribution < -0.4 is 0 Å². The Balaban J connectivity index is 2.34. The first-order chi connectivity index (χ1) is 7.99. The predicted molar refractivity (Wildman–Crippen MR) is 56.5 cm³/mol. The smallest absolute Gasteiger partial charge is 0.312 e. The molecular formula is C9H11N5O3. The lowest BCUT2D eigenvalue weighted by Crippen LogP contribution is -2.04. The fourth-order valence-electron chi connectivity index (χ4n) is 1.64. The maximum Gasteiger partial charge on any atom is 0.312 e. The Morgan fingerprint density at radius 2 is 2.06 bits per heavy atom. The molecule has 0 saturated carbocycles. The van der Waals surface area contributed by atoms with Crippen molar-refractivity contribution in [2.75, 3.05) is 0 Å². The highest BCUT2D eigenvalue weighted by Gasteiger charge is 2.22. The molecule has 0 aromatic carbocycles. The van der Waals surface area contributed by atoms with E-state index in [-0.39, 0.29) is 12.2 Å². The summed E-state index contributed by atoms with van der Waals surface area (Å²) < 4.78 is 6.69. The SMILES string of the molecule is Cc1nnc(Cn2nc(C)c([N+](=O)[O-])c2C)o1. The van der Waals surface area contributed by atoms with E-state index in [2.05, 4.69) is 15.3 Å². The molecule has 0 bridgehead atoms. The van der Waals surface area contributed by atoms with Crippen LogP contribution in [0.15, 0.2) is 4.42 Å². The molecule has 0 amide bonds. The second kappa shape index (κ2) is 3.96. The van der Waals surface area contributed by atoms with Crippen LogP contribution in [-0.4, -0.2) is 24.9 Å². The first-order valence-corrected chi connectivity index (χ1v) is 4.96. The third kappa shape index (κ3) is 2.01. The molecule has 8 heteroatoms. The molecule has 8 nitrogen and oxygen atoms in total. The average molecular weight is 237 g/mol. The lowest BCUT2D eigenvalue weighted by molar-refractivity contribution is -0.386. The van der Waals surface area contributed by atoms with Crippen molar-refractivity contribution in [2.24, 2.45) is 0 Å². The van der Waals surface area contributed by atoms with Gasteiger partial charge in [0.2, 0.25) is 11.8 Å². The van der Waals surface area contributed by atoms with Crippen LogP contribution >= 0.6 is 0 Å². The summed E-state index contributed by atoms with van der Waals surface area (Å²) in [5, 5.41) is 22.4. The predicted octanol–water partition coefficient (Wildman–Crippen LogP) is 1.15. The monoisotopic (exact) mass is 237 g/mol. The van der Waals surface area contributed by atoms with Gasteiger partial charge in [-0.1, -0.05) is 0 Å². The fourth-order valence-corrected chi connectivity index (χ4v) is 1.64. The molecule has 0 saturated heterocycles. The molecule has 2 aromatic heterocycles. The van der Waals surface area contributed by atoms with Gasteiger partial charge in [-0.15, -0.1) is 10.2 Å². The van der Waals surface area contributed by atoms with Gasteiger partial charge in [0.15, 0.2) is 0 Å². The van der Waals surface area contributed by atoms with Crippen molar-refractivity contribution in [3.8, 4) is 0 Å². The molecule has 90 valence electrons. The summed E-state index contributed by atoms with van der Waals surface area (Å²) in [7, 11) is 0. The molecule has 0 atom stereocenters.